The Hall–Kier alpha value is -1.47. The van der Waals surface area contributed by atoms with Crippen molar-refractivity contribution in [3.8, 4) is 0 Å². The van der Waals surface area contributed by atoms with Crippen molar-refractivity contribution in [3.63, 3.8) is 0 Å². The van der Waals surface area contributed by atoms with Gasteiger partial charge in [-0.2, -0.15) is 0 Å². The monoisotopic (exact) mass is 312 g/mol. The molecule has 0 bridgehead atoms. The summed E-state index contributed by atoms with van der Waals surface area (Å²) in [5, 5.41) is 7.95. The van der Waals surface area contributed by atoms with Crippen LogP contribution in [0.2, 0.25) is 0 Å². The summed E-state index contributed by atoms with van der Waals surface area (Å²) in [7, 11) is -1.31. The van der Waals surface area contributed by atoms with E-state index < -0.39 is 16.0 Å². The molecule has 7 heteroatoms. The van der Waals surface area contributed by atoms with Gasteiger partial charge in [0.1, 0.15) is 11.0 Å². The Labute approximate surface area is 123 Å². The standard InChI is InChI=1S/C13H16N2O3S2/c1-9-6-11(15-18-9)8-20(17)10(2)13(16)14-7-12-4-3-5-19-12/h3-6,10H,7-8H2,1-2H3,(H,14,16)/t10-,20-/m1/s1. The third kappa shape index (κ3) is 4.01. The van der Waals surface area contributed by atoms with E-state index >= 15 is 0 Å². The molecular weight excluding hydrogens is 296 g/mol. The molecule has 0 spiro atoms. The molecule has 1 N–H and O–H groups in total. The van der Waals surface area contributed by atoms with Crippen LogP contribution in [0.25, 0.3) is 0 Å². The fourth-order valence-corrected chi connectivity index (χ4v) is 3.25. The van der Waals surface area contributed by atoms with Crippen LogP contribution in [0.1, 0.15) is 23.3 Å². The van der Waals surface area contributed by atoms with Gasteiger partial charge in [-0.3, -0.25) is 9.00 Å². The molecule has 2 aromatic heterocycles. The Morgan fingerprint density at radius 3 is 3.00 bits per heavy atom. The molecule has 0 aromatic carbocycles. The smallest absolute Gasteiger partial charge is 0.235 e. The highest BCUT2D eigenvalue weighted by atomic mass is 32.2. The van der Waals surface area contributed by atoms with Gasteiger partial charge in [-0.25, -0.2) is 0 Å². The molecule has 0 aliphatic carbocycles. The lowest BCUT2D eigenvalue weighted by atomic mass is 10.4. The number of aromatic nitrogens is 1. The Morgan fingerprint density at radius 1 is 1.60 bits per heavy atom. The number of carbonyl (C=O) groups excluding carboxylic acids is 1. The van der Waals surface area contributed by atoms with Crippen molar-refractivity contribution in [1.82, 2.24) is 10.5 Å². The van der Waals surface area contributed by atoms with Gasteiger partial charge in [0.2, 0.25) is 5.91 Å². The third-order valence-electron chi connectivity index (χ3n) is 2.75. The van der Waals surface area contributed by atoms with E-state index in [1.165, 1.54) is 0 Å². The first-order valence-electron chi connectivity index (χ1n) is 6.15. The third-order valence-corrected chi connectivity index (χ3v) is 5.21. The highest BCUT2D eigenvalue weighted by Gasteiger charge is 2.21. The first-order valence-corrected chi connectivity index (χ1v) is 8.42. The van der Waals surface area contributed by atoms with Crippen LogP contribution >= 0.6 is 11.3 Å². The predicted molar refractivity (Wildman–Crippen MR) is 78.7 cm³/mol. The number of nitrogens with one attached hydrogen (secondary N) is 1. The van der Waals surface area contributed by atoms with Gasteiger partial charge < -0.3 is 9.84 Å². The number of rotatable bonds is 6. The summed E-state index contributed by atoms with van der Waals surface area (Å²) < 4.78 is 17.0. The quantitative estimate of drug-likeness (QED) is 0.885. The van der Waals surface area contributed by atoms with E-state index in [1.807, 2.05) is 17.5 Å². The van der Waals surface area contributed by atoms with Crippen LogP contribution < -0.4 is 5.32 Å². The fourth-order valence-electron chi connectivity index (χ4n) is 1.61. The molecule has 0 saturated carbocycles. The number of carbonyl (C=O) groups is 1. The van der Waals surface area contributed by atoms with Crippen molar-refractivity contribution < 1.29 is 13.5 Å². The number of hydrogen-bond acceptors (Lipinski definition) is 5. The zero-order valence-corrected chi connectivity index (χ0v) is 12.9. The second kappa shape index (κ2) is 6.81. The summed E-state index contributed by atoms with van der Waals surface area (Å²) in [6.45, 7) is 3.91. The highest BCUT2D eigenvalue weighted by Crippen LogP contribution is 2.10. The van der Waals surface area contributed by atoms with E-state index in [-0.39, 0.29) is 11.7 Å². The maximum absolute atomic E-state index is 12.1. The molecular formula is C13H16N2O3S2. The van der Waals surface area contributed by atoms with Crippen LogP contribution in [-0.2, 0) is 27.9 Å². The van der Waals surface area contributed by atoms with Gasteiger partial charge in [-0.15, -0.1) is 11.3 Å². The van der Waals surface area contributed by atoms with Gasteiger partial charge >= 0.3 is 0 Å². The molecule has 2 atom stereocenters. The van der Waals surface area contributed by atoms with Crippen LogP contribution in [0.3, 0.4) is 0 Å². The van der Waals surface area contributed by atoms with E-state index in [9.17, 15) is 9.00 Å². The summed E-state index contributed by atoms with van der Waals surface area (Å²) >= 11 is 1.58. The molecule has 2 aromatic rings. The maximum Gasteiger partial charge on any atom is 0.235 e. The summed E-state index contributed by atoms with van der Waals surface area (Å²) in [6.07, 6.45) is 0. The average molecular weight is 312 g/mol. The van der Waals surface area contributed by atoms with Gasteiger partial charge in [0, 0.05) is 21.7 Å². The molecule has 0 aliphatic heterocycles. The van der Waals surface area contributed by atoms with Crippen LogP contribution in [-0.4, -0.2) is 20.5 Å². The van der Waals surface area contributed by atoms with Gasteiger partial charge in [-0.1, -0.05) is 11.2 Å². The van der Waals surface area contributed by atoms with Crippen molar-refractivity contribution in [2.24, 2.45) is 0 Å². The van der Waals surface area contributed by atoms with Gasteiger partial charge in [0.05, 0.1) is 18.0 Å². The van der Waals surface area contributed by atoms with Crippen LogP contribution in [0.15, 0.2) is 28.1 Å². The summed E-state index contributed by atoms with van der Waals surface area (Å²) in [5.41, 5.74) is 0.610. The van der Waals surface area contributed by atoms with Crippen molar-refractivity contribution in [2.75, 3.05) is 0 Å². The number of thiophene rings is 1. The molecule has 20 heavy (non-hydrogen) atoms. The van der Waals surface area contributed by atoms with Crippen molar-refractivity contribution in [1.29, 1.82) is 0 Å². The predicted octanol–water partition coefficient (Wildman–Crippen LogP) is 2.00. The zero-order valence-electron chi connectivity index (χ0n) is 11.3. The first kappa shape index (κ1) is 14.9. The van der Waals surface area contributed by atoms with Gasteiger partial charge in [0.25, 0.3) is 0 Å². The molecule has 0 fully saturated rings. The minimum Gasteiger partial charge on any atom is -0.361 e. The van der Waals surface area contributed by atoms with E-state index in [1.54, 1.807) is 31.3 Å². The minimum absolute atomic E-state index is 0.211. The van der Waals surface area contributed by atoms with Crippen LogP contribution in [0, 0.1) is 6.92 Å². The number of nitrogens with zero attached hydrogens (tertiary/aromatic N) is 1. The summed E-state index contributed by atoms with van der Waals surface area (Å²) in [4.78, 5) is 13.0. The van der Waals surface area contributed by atoms with Crippen molar-refractivity contribution in [3.05, 3.63) is 39.9 Å². The largest absolute Gasteiger partial charge is 0.361 e. The van der Waals surface area contributed by atoms with Gasteiger partial charge in [-0.05, 0) is 25.3 Å². The fraction of sp³-hybridized carbons (Fsp3) is 0.385. The normalized spacial score (nSPS) is 13.9. The van der Waals surface area contributed by atoms with E-state index in [2.05, 4.69) is 10.5 Å². The number of aryl methyl sites for hydroxylation is 1. The van der Waals surface area contributed by atoms with Crippen molar-refractivity contribution in [2.45, 2.75) is 31.4 Å². The SMILES string of the molecule is Cc1cc(C[S@@](=O)[C@H](C)C(=O)NCc2cccs2)no1. The molecule has 0 saturated heterocycles. The molecule has 2 rings (SSSR count). The Balaban J connectivity index is 1.84. The van der Waals surface area contributed by atoms with Gasteiger partial charge in [0.15, 0.2) is 0 Å². The number of hydrogen-bond donors (Lipinski definition) is 1. The zero-order chi connectivity index (χ0) is 14.5. The Kier molecular flexibility index (Phi) is 5.08. The molecule has 2 heterocycles. The topological polar surface area (TPSA) is 72.2 Å². The molecule has 0 unspecified atom stereocenters. The van der Waals surface area contributed by atoms with E-state index in [0.29, 0.717) is 18.0 Å². The number of amides is 1. The van der Waals surface area contributed by atoms with E-state index in [4.69, 9.17) is 4.52 Å². The van der Waals surface area contributed by atoms with Crippen LogP contribution in [0.4, 0.5) is 0 Å². The van der Waals surface area contributed by atoms with Crippen molar-refractivity contribution >= 4 is 28.0 Å². The molecule has 1 amide bonds. The summed E-state index contributed by atoms with van der Waals surface area (Å²) in [5.74, 6) is 0.689. The Morgan fingerprint density at radius 2 is 2.40 bits per heavy atom. The molecule has 0 radical (unpaired) electrons. The van der Waals surface area contributed by atoms with E-state index in [0.717, 1.165) is 4.88 Å². The molecule has 0 aliphatic rings. The lowest BCUT2D eigenvalue weighted by Crippen LogP contribution is -2.35. The molecule has 5 nitrogen and oxygen atoms in total. The second-order valence-electron chi connectivity index (χ2n) is 4.39. The average Bonchev–Trinajstić information content (AvgIpc) is 3.06. The Bertz CT molecular complexity index is 593. The minimum atomic E-state index is -1.31. The molecule has 108 valence electrons. The lowest BCUT2D eigenvalue weighted by molar-refractivity contribution is -0.120. The summed E-state index contributed by atoms with van der Waals surface area (Å²) in [6, 6.07) is 5.61. The second-order valence-corrected chi connectivity index (χ2v) is 7.18. The highest BCUT2D eigenvalue weighted by molar-refractivity contribution is 7.85. The lowest BCUT2D eigenvalue weighted by Gasteiger charge is -2.10. The van der Waals surface area contributed by atoms with Crippen LogP contribution in [0.5, 0.6) is 0 Å². The first-order chi connectivity index (χ1) is 9.56. The maximum atomic E-state index is 12.1.